The molecule has 1 aromatic carbocycles. The lowest BCUT2D eigenvalue weighted by atomic mass is 9.95. The highest BCUT2D eigenvalue weighted by molar-refractivity contribution is 7.12. The number of carbonyl (C=O) groups excluding carboxylic acids is 2. The summed E-state index contributed by atoms with van der Waals surface area (Å²) in [6.07, 6.45) is 0. The molecule has 0 saturated carbocycles. The van der Waals surface area contributed by atoms with Gasteiger partial charge in [0.2, 0.25) is 5.78 Å². The van der Waals surface area contributed by atoms with Gasteiger partial charge in [-0.05, 0) is 29.1 Å². The van der Waals surface area contributed by atoms with Crippen molar-refractivity contribution >= 4 is 34.6 Å². The minimum absolute atomic E-state index is 0.0481. The normalized spacial score (nSPS) is 17.0. The molecule has 1 aliphatic rings. The molecule has 1 amide bonds. The number of rotatable bonds is 8. The van der Waals surface area contributed by atoms with Crippen LogP contribution >= 0.6 is 22.9 Å². The lowest BCUT2D eigenvalue weighted by Crippen LogP contribution is -2.34. The van der Waals surface area contributed by atoms with Gasteiger partial charge in [0.25, 0.3) is 5.91 Å². The van der Waals surface area contributed by atoms with Crippen molar-refractivity contribution in [3.8, 4) is 0 Å². The van der Waals surface area contributed by atoms with E-state index in [1.165, 1.54) is 16.2 Å². The van der Waals surface area contributed by atoms with Crippen LogP contribution in [0.25, 0.3) is 0 Å². The molecule has 1 atom stereocenters. The maximum absolute atomic E-state index is 13.0. The third-order valence-electron chi connectivity index (χ3n) is 4.19. The van der Waals surface area contributed by atoms with Gasteiger partial charge in [-0.3, -0.25) is 9.59 Å². The molecule has 0 radical (unpaired) electrons. The van der Waals surface area contributed by atoms with E-state index in [-0.39, 0.29) is 37.7 Å². The molecule has 3 rings (SSSR count). The largest absolute Gasteiger partial charge is 0.503 e. The van der Waals surface area contributed by atoms with Crippen molar-refractivity contribution in [3.63, 3.8) is 0 Å². The Morgan fingerprint density at radius 1 is 1.22 bits per heavy atom. The van der Waals surface area contributed by atoms with Crippen LogP contribution < -0.4 is 0 Å². The highest BCUT2D eigenvalue weighted by atomic mass is 35.5. The second kappa shape index (κ2) is 8.67. The van der Waals surface area contributed by atoms with Crippen LogP contribution in [0, 0.1) is 0 Å². The van der Waals surface area contributed by atoms with Crippen molar-refractivity contribution in [2.45, 2.75) is 6.04 Å². The zero-order chi connectivity index (χ0) is 19.4. The quantitative estimate of drug-likeness (QED) is 0.519. The second-order valence-electron chi connectivity index (χ2n) is 5.86. The number of thiophene rings is 1. The summed E-state index contributed by atoms with van der Waals surface area (Å²) in [5.41, 5.74) is 0.714. The zero-order valence-electron chi connectivity index (χ0n) is 14.3. The molecule has 0 aliphatic carbocycles. The molecule has 6 nitrogen and oxygen atoms in total. The van der Waals surface area contributed by atoms with E-state index in [1.807, 2.05) is 0 Å². The Kier molecular flexibility index (Phi) is 6.28. The SMILES string of the molecule is O=C(C1=C(O)C(=O)N(CCOCCO)C1c1ccc(Cl)cc1)c1cccs1. The van der Waals surface area contributed by atoms with Crippen LogP contribution in [0.5, 0.6) is 0 Å². The molecule has 0 spiro atoms. The van der Waals surface area contributed by atoms with Gasteiger partial charge >= 0.3 is 0 Å². The number of carbonyl (C=O) groups is 2. The molecule has 27 heavy (non-hydrogen) atoms. The van der Waals surface area contributed by atoms with Gasteiger partial charge in [-0.15, -0.1) is 11.3 Å². The van der Waals surface area contributed by atoms with E-state index < -0.39 is 17.7 Å². The fraction of sp³-hybridized carbons (Fsp3) is 0.263. The van der Waals surface area contributed by atoms with Gasteiger partial charge in [0.15, 0.2) is 5.76 Å². The molecule has 0 saturated heterocycles. The predicted molar refractivity (Wildman–Crippen MR) is 102 cm³/mol. The smallest absolute Gasteiger partial charge is 0.290 e. The van der Waals surface area contributed by atoms with Crippen LogP contribution in [-0.2, 0) is 9.53 Å². The molecular formula is C19H18ClNO5S. The number of hydrogen-bond donors (Lipinski definition) is 2. The predicted octanol–water partition coefficient (Wildman–Crippen LogP) is 2.99. The first-order valence-corrected chi connectivity index (χ1v) is 9.56. The maximum atomic E-state index is 13.0. The third kappa shape index (κ3) is 4.06. The van der Waals surface area contributed by atoms with Gasteiger partial charge < -0.3 is 19.8 Å². The van der Waals surface area contributed by atoms with Gasteiger partial charge in [0, 0.05) is 11.6 Å². The van der Waals surface area contributed by atoms with Crippen LogP contribution in [0.4, 0.5) is 0 Å². The number of amides is 1. The lowest BCUT2D eigenvalue weighted by Gasteiger charge is -2.26. The summed E-state index contributed by atoms with van der Waals surface area (Å²) in [6.45, 7) is 0.357. The van der Waals surface area contributed by atoms with Crippen LogP contribution in [-0.4, -0.2) is 53.2 Å². The molecule has 8 heteroatoms. The van der Waals surface area contributed by atoms with Crippen LogP contribution in [0.15, 0.2) is 53.1 Å². The summed E-state index contributed by atoms with van der Waals surface area (Å²) in [5, 5.41) is 21.6. The highest BCUT2D eigenvalue weighted by Crippen LogP contribution is 2.39. The van der Waals surface area contributed by atoms with Gasteiger partial charge in [0.05, 0.1) is 36.3 Å². The zero-order valence-corrected chi connectivity index (χ0v) is 15.9. The van der Waals surface area contributed by atoms with E-state index in [1.54, 1.807) is 41.8 Å². The number of hydrogen-bond acceptors (Lipinski definition) is 6. The molecule has 1 unspecified atom stereocenters. The molecule has 0 bridgehead atoms. The van der Waals surface area contributed by atoms with Crippen molar-refractivity contribution in [1.29, 1.82) is 0 Å². The molecule has 2 aromatic rings. The Bertz CT molecular complexity index is 847. The molecular weight excluding hydrogens is 390 g/mol. The summed E-state index contributed by atoms with van der Waals surface area (Å²) in [7, 11) is 0. The maximum Gasteiger partial charge on any atom is 0.290 e. The van der Waals surface area contributed by atoms with Crippen molar-refractivity contribution in [2.24, 2.45) is 0 Å². The standard InChI is InChI=1S/C19H18ClNO5S/c20-13-5-3-12(4-6-13)16-15(17(23)14-2-1-11-27-14)18(24)19(25)21(16)7-9-26-10-8-22/h1-6,11,16,22,24H,7-10H2. The Balaban J connectivity index is 1.96. The molecule has 142 valence electrons. The minimum atomic E-state index is -0.734. The van der Waals surface area contributed by atoms with E-state index in [0.717, 1.165) is 0 Å². The fourth-order valence-electron chi connectivity index (χ4n) is 2.98. The van der Waals surface area contributed by atoms with E-state index >= 15 is 0 Å². The molecule has 2 heterocycles. The summed E-state index contributed by atoms with van der Waals surface area (Å²) in [4.78, 5) is 27.4. The number of ether oxygens (including phenoxy) is 1. The van der Waals surface area contributed by atoms with Crippen LogP contribution in [0.1, 0.15) is 21.3 Å². The van der Waals surface area contributed by atoms with Crippen molar-refractivity contribution in [2.75, 3.05) is 26.4 Å². The van der Waals surface area contributed by atoms with Gasteiger partial charge in [-0.2, -0.15) is 0 Å². The van der Waals surface area contributed by atoms with Gasteiger partial charge in [0.1, 0.15) is 0 Å². The van der Waals surface area contributed by atoms with Gasteiger partial charge in [-0.1, -0.05) is 29.8 Å². The van der Waals surface area contributed by atoms with Crippen LogP contribution in [0.2, 0.25) is 5.02 Å². The van der Waals surface area contributed by atoms with Crippen molar-refractivity contribution < 1.29 is 24.5 Å². The first kappa shape index (κ1) is 19.6. The number of benzene rings is 1. The first-order valence-electron chi connectivity index (χ1n) is 8.31. The highest BCUT2D eigenvalue weighted by Gasteiger charge is 2.43. The lowest BCUT2D eigenvalue weighted by molar-refractivity contribution is -0.130. The number of aliphatic hydroxyl groups excluding tert-OH is 2. The number of nitrogens with zero attached hydrogens (tertiary/aromatic N) is 1. The average Bonchev–Trinajstić information content (AvgIpc) is 3.28. The van der Waals surface area contributed by atoms with E-state index in [4.69, 9.17) is 21.4 Å². The van der Waals surface area contributed by atoms with E-state index in [9.17, 15) is 14.7 Å². The van der Waals surface area contributed by atoms with Crippen LogP contribution in [0.3, 0.4) is 0 Å². The van der Waals surface area contributed by atoms with E-state index in [0.29, 0.717) is 15.5 Å². The van der Waals surface area contributed by atoms with Crippen molar-refractivity contribution in [3.05, 3.63) is 68.6 Å². The topological polar surface area (TPSA) is 87.1 Å². The summed E-state index contributed by atoms with van der Waals surface area (Å²) in [6, 6.07) is 9.45. The molecule has 2 N–H and O–H groups in total. The minimum Gasteiger partial charge on any atom is -0.503 e. The number of aliphatic hydroxyl groups is 2. The summed E-state index contributed by atoms with van der Waals surface area (Å²) < 4.78 is 5.25. The second-order valence-corrected chi connectivity index (χ2v) is 7.24. The molecule has 1 aromatic heterocycles. The Morgan fingerprint density at radius 2 is 1.96 bits per heavy atom. The number of Topliss-reactive ketones (excluding diaryl/α,β-unsaturated/α-hetero) is 1. The number of ketones is 1. The number of halogens is 1. The molecule has 1 aliphatic heterocycles. The molecule has 0 fully saturated rings. The fourth-order valence-corrected chi connectivity index (χ4v) is 3.78. The summed E-state index contributed by atoms with van der Waals surface area (Å²) >= 11 is 7.21. The first-order chi connectivity index (χ1) is 13.0. The van der Waals surface area contributed by atoms with E-state index in [2.05, 4.69) is 0 Å². The Morgan fingerprint density at radius 3 is 2.59 bits per heavy atom. The Labute approximate surface area is 165 Å². The van der Waals surface area contributed by atoms with Crippen molar-refractivity contribution in [1.82, 2.24) is 4.90 Å². The third-order valence-corrected chi connectivity index (χ3v) is 5.31. The average molecular weight is 408 g/mol. The monoisotopic (exact) mass is 407 g/mol. The van der Waals surface area contributed by atoms with Gasteiger partial charge in [-0.25, -0.2) is 0 Å². The Hall–Kier alpha value is -2.19. The summed E-state index contributed by atoms with van der Waals surface area (Å²) in [5.74, 6) is -1.55.